The van der Waals surface area contributed by atoms with Gasteiger partial charge in [0, 0.05) is 37.0 Å². The van der Waals surface area contributed by atoms with Gasteiger partial charge in [0.2, 0.25) is 0 Å². The Kier molecular flexibility index (Phi) is 5.77. The number of carbonyl (C=O) groups excluding carboxylic acids is 1. The van der Waals surface area contributed by atoms with E-state index in [-0.39, 0.29) is 17.5 Å². The van der Waals surface area contributed by atoms with Crippen molar-refractivity contribution in [3.05, 3.63) is 34.2 Å². The van der Waals surface area contributed by atoms with Crippen molar-refractivity contribution in [1.82, 2.24) is 14.4 Å². The molecule has 1 aromatic heterocycles. The Hall–Kier alpha value is -1.62. The molecule has 0 aliphatic carbocycles. The molecule has 1 fully saturated rings. The molecule has 1 amide bonds. The lowest BCUT2D eigenvalue weighted by atomic mass is 9.98. The first-order valence-corrected chi connectivity index (χ1v) is 8.19. The van der Waals surface area contributed by atoms with Gasteiger partial charge in [-0.15, -0.1) is 0 Å². The van der Waals surface area contributed by atoms with E-state index >= 15 is 0 Å². The van der Waals surface area contributed by atoms with Crippen molar-refractivity contribution in [1.29, 1.82) is 0 Å². The maximum Gasteiger partial charge on any atom is 0.254 e. The standard InChI is InChI=1S/C17H27N3O2/c1-4-19-12-8-14(13-16(19)21)17(22)20-10-6-5-7-15(20)9-11-18(2)3/h8,12-13,15H,4-7,9-11H2,1-3H3/t15-/m0/s1. The van der Waals surface area contributed by atoms with E-state index in [1.807, 2.05) is 11.8 Å². The first-order chi connectivity index (χ1) is 10.5. The molecule has 2 heterocycles. The molecule has 1 saturated heterocycles. The lowest BCUT2D eigenvalue weighted by Gasteiger charge is -2.36. The Labute approximate surface area is 132 Å². The number of nitrogens with zero attached hydrogens (tertiary/aromatic N) is 3. The van der Waals surface area contributed by atoms with E-state index in [0.29, 0.717) is 12.1 Å². The van der Waals surface area contributed by atoms with E-state index in [2.05, 4.69) is 19.0 Å². The van der Waals surface area contributed by atoms with Crippen LogP contribution in [0.3, 0.4) is 0 Å². The van der Waals surface area contributed by atoms with Gasteiger partial charge < -0.3 is 14.4 Å². The molecule has 1 aromatic rings. The number of piperidine rings is 1. The Morgan fingerprint density at radius 3 is 2.77 bits per heavy atom. The zero-order valence-corrected chi connectivity index (χ0v) is 13.9. The number of rotatable bonds is 5. The third kappa shape index (κ3) is 3.97. The molecule has 0 bridgehead atoms. The highest BCUT2D eigenvalue weighted by Gasteiger charge is 2.27. The largest absolute Gasteiger partial charge is 0.336 e. The van der Waals surface area contributed by atoms with E-state index < -0.39 is 0 Å². The number of pyridine rings is 1. The molecule has 5 nitrogen and oxygen atoms in total. The van der Waals surface area contributed by atoms with Gasteiger partial charge in [0.25, 0.3) is 11.5 Å². The molecule has 5 heteroatoms. The molecule has 1 aliphatic rings. The van der Waals surface area contributed by atoms with Crippen LogP contribution in [0.25, 0.3) is 0 Å². The average molecular weight is 305 g/mol. The SMILES string of the molecule is CCn1ccc(C(=O)N2CCCC[C@H]2CCN(C)C)cc1=O. The topological polar surface area (TPSA) is 45.6 Å². The van der Waals surface area contributed by atoms with E-state index in [9.17, 15) is 9.59 Å². The molecule has 22 heavy (non-hydrogen) atoms. The predicted molar refractivity (Wildman–Crippen MR) is 88.2 cm³/mol. The van der Waals surface area contributed by atoms with E-state index in [1.165, 1.54) is 12.5 Å². The van der Waals surface area contributed by atoms with Gasteiger partial charge in [-0.25, -0.2) is 0 Å². The lowest BCUT2D eigenvalue weighted by molar-refractivity contribution is 0.0591. The molecule has 0 aromatic carbocycles. The number of carbonyl (C=O) groups is 1. The van der Waals surface area contributed by atoms with Gasteiger partial charge >= 0.3 is 0 Å². The molecular formula is C17H27N3O2. The summed E-state index contributed by atoms with van der Waals surface area (Å²) in [6.07, 6.45) is 6.00. The average Bonchev–Trinajstić information content (AvgIpc) is 2.52. The zero-order valence-electron chi connectivity index (χ0n) is 13.9. The van der Waals surface area contributed by atoms with Crippen molar-refractivity contribution < 1.29 is 4.79 Å². The van der Waals surface area contributed by atoms with Crippen molar-refractivity contribution in [2.75, 3.05) is 27.2 Å². The Bertz CT molecular complexity index is 565. The molecular weight excluding hydrogens is 278 g/mol. The molecule has 0 N–H and O–H groups in total. The lowest BCUT2D eigenvalue weighted by Crippen LogP contribution is -2.45. The summed E-state index contributed by atoms with van der Waals surface area (Å²) in [6, 6.07) is 3.53. The summed E-state index contributed by atoms with van der Waals surface area (Å²) in [4.78, 5) is 28.8. The van der Waals surface area contributed by atoms with Gasteiger partial charge in [-0.05, 0) is 59.3 Å². The van der Waals surface area contributed by atoms with E-state index in [4.69, 9.17) is 0 Å². The molecule has 1 atom stereocenters. The molecule has 0 unspecified atom stereocenters. The second-order valence-electron chi connectivity index (χ2n) is 6.28. The van der Waals surface area contributed by atoms with Crippen LogP contribution in [0, 0.1) is 0 Å². The maximum absolute atomic E-state index is 12.8. The molecule has 122 valence electrons. The van der Waals surface area contributed by atoms with Gasteiger partial charge in [-0.3, -0.25) is 9.59 Å². The van der Waals surface area contributed by atoms with Crippen LogP contribution in [-0.2, 0) is 6.54 Å². The quantitative estimate of drug-likeness (QED) is 0.833. The fourth-order valence-corrected chi connectivity index (χ4v) is 3.04. The summed E-state index contributed by atoms with van der Waals surface area (Å²) in [5, 5.41) is 0. The third-order valence-electron chi connectivity index (χ3n) is 4.38. The van der Waals surface area contributed by atoms with Crippen molar-refractivity contribution in [2.24, 2.45) is 0 Å². The van der Waals surface area contributed by atoms with Gasteiger partial charge in [0.05, 0.1) is 0 Å². The summed E-state index contributed by atoms with van der Waals surface area (Å²) in [7, 11) is 4.11. The summed E-state index contributed by atoms with van der Waals surface area (Å²) in [5.41, 5.74) is 0.418. The predicted octanol–water partition coefficient (Wildman–Crippen LogP) is 1.81. The minimum Gasteiger partial charge on any atom is -0.336 e. The number of amides is 1. The monoisotopic (exact) mass is 305 g/mol. The second kappa shape index (κ2) is 7.58. The van der Waals surface area contributed by atoms with Crippen LogP contribution in [0.2, 0.25) is 0 Å². The molecule has 0 radical (unpaired) electrons. The van der Waals surface area contributed by atoms with E-state index in [1.54, 1.807) is 16.8 Å². The maximum atomic E-state index is 12.8. The van der Waals surface area contributed by atoms with Crippen LogP contribution in [0.5, 0.6) is 0 Å². The highest BCUT2D eigenvalue weighted by molar-refractivity contribution is 5.94. The van der Waals surface area contributed by atoms with Gasteiger partial charge in [-0.2, -0.15) is 0 Å². The van der Waals surface area contributed by atoms with Crippen molar-refractivity contribution >= 4 is 5.91 Å². The first-order valence-electron chi connectivity index (χ1n) is 8.19. The van der Waals surface area contributed by atoms with Crippen molar-refractivity contribution in [2.45, 2.75) is 45.2 Å². The number of aromatic nitrogens is 1. The van der Waals surface area contributed by atoms with Crippen LogP contribution in [0.4, 0.5) is 0 Å². The highest BCUT2D eigenvalue weighted by Crippen LogP contribution is 2.21. The summed E-state index contributed by atoms with van der Waals surface area (Å²) >= 11 is 0. The first kappa shape index (κ1) is 16.7. The molecule has 1 aliphatic heterocycles. The van der Waals surface area contributed by atoms with Crippen LogP contribution in [-0.4, -0.2) is 53.5 Å². The van der Waals surface area contributed by atoms with Gasteiger partial charge in [-0.1, -0.05) is 0 Å². The third-order valence-corrected chi connectivity index (χ3v) is 4.38. The normalized spacial score (nSPS) is 18.7. The van der Waals surface area contributed by atoms with Crippen molar-refractivity contribution in [3.8, 4) is 0 Å². The Morgan fingerprint density at radius 2 is 2.14 bits per heavy atom. The number of hydrogen-bond acceptors (Lipinski definition) is 3. The molecule has 0 spiro atoms. The minimum absolute atomic E-state index is 0.00353. The van der Waals surface area contributed by atoms with Crippen LogP contribution < -0.4 is 5.56 Å². The van der Waals surface area contributed by atoms with Crippen LogP contribution in [0.1, 0.15) is 43.0 Å². The number of aryl methyl sites for hydroxylation is 1. The van der Waals surface area contributed by atoms with Gasteiger partial charge in [0.15, 0.2) is 0 Å². The number of likely N-dealkylation sites (tertiary alicyclic amines) is 1. The smallest absolute Gasteiger partial charge is 0.254 e. The van der Waals surface area contributed by atoms with Crippen LogP contribution >= 0.6 is 0 Å². The minimum atomic E-state index is -0.102. The fraction of sp³-hybridized carbons (Fsp3) is 0.647. The zero-order chi connectivity index (χ0) is 16.1. The summed E-state index contributed by atoms with van der Waals surface area (Å²) < 4.78 is 1.61. The Balaban J connectivity index is 2.14. The summed E-state index contributed by atoms with van der Waals surface area (Å²) in [5.74, 6) is 0.00353. The molecule has 0 saturated carbocycles. The van der Waals surface area contributed by atoms with E-state index in [0.717, 1.165) is 32.4 Å². The second-order valence-corrected chi connectivity index (χ2v) is 6.28. The molecule has 2 rings (SSSR count). The highest BCUT2D eigenvalue weighted by atomic mass is 16.2. The number of hydrogen-bond donors (Lipinski definition) is 0. The van der Waals surface area contributed by atoms with Crippen LogP contribution in [0.15, 0.2) is 23.1 Å². The summed E-state index contributed by atoms with van der Waals surface area (Å²) in [6.45, 7) is 4.33. The van der Waals surface area contributed by atoms with Crippen molar-refractivity contribution in [3.63, 3.8) is 0 Å². The van der Waals surface area contributed by atoms with Gasteiger partial charge in [0.1, 0.15) is 0 Å². The fourth-order valence-electron chi connectivity index (χ4n) is 3.04. The Morgan fingerprint density at radius 1 is 1.36 bits per heavy atom.